The van der Waals surface area contributed by atoms with E-state index < -0.39 is 0 Å². The highest BCUT2D eigenvalue weighted by atomic mass is 32.1. The Kier molecular flexibility index (Phi) is 7.11. The Bertz CT molecular complexity index is 1260. The molecule has 3 aromatic rings. The highest BCUT2D eigenvalue weighted by Crippen LogP contribution is 2.34. The average molecular weight is 491 g/mol. The van der Waals surface area contributed by atoms with Crippen molar-refractivity contribution < 1.29 is 4.79 Å². The minimum absolute atomic E-state index is 0.0818. The van der Waals surface area contributed by atoms with E-state index >= 15 is 0 Å². The average Bonchev–Trinajstić information content (AvgIpc) is 3.35. The van der Waals surface area contributed by atoms with E-state index in [0.29, 0.717) is 16.5 Å². The highest BCUT2D eigenvalue weighted by molar-refractivity contribution is 7.13. The fourth-order valence-corrected chi connectivity index (χ4v) is 4.64. The van der Waals surface area contributed by atoms with Crippen LogP contribution in [-0.4, -0.2) is 40.7 Å². The topological polar surface area (TPSA) is 128 Å². The van der Waals surface area contributed by atoms with Gasteiger partial charge in [0.15, 0.2) is 0 Å². The molecule has 9 nitrogen and oxygen atoms in total. The molecule has 1 atom stereocenters. The molecule has 2 aromatic heterocycles. The molecule has 3 heterocycles. The van der Waals surface area contributed by atoms with Crippen molar-refractivity contribution in [3.63, 3.8) is 0 Å². The molecule has 1 unspecified atom stereocenters. The van der Waals surface area contributed by atoms with Crippen LogP contribution in [0.3, 0.4) is 0 Å². The maximum absolute atomic E-state index is 12.9. The summed E-state index contributed by atoms with van der Waals surface area (Å²) in [5.74, 6) is 0.311. The summed E-state index contributed by atoms with van der Waals surface area (Å²) in [6.07, 6.45) is 7.01. The number of rotatable bonds is 7. The van der Waals surface area contributed by atoms with Gasteiger partial charge in [0.1, 0.15) is 4.88 Å². The maximum atomic E-state index is 12.9. The number of thiazole rings is 1. The third kappa shape index (κ3) is 5.65. The Labute approximate surface area is 209 Å². The molecule has 0 aliphatic carbocycles. The van der Waals surface area contributed by atoms with Crippen molar-refractivity contribution in [3.8, 4) is 11.3 Å². The lowest BCUT2D eigenvalue weighted by Crippen LogP contribution is -2.32. The zero-order valence-electron chi connectivity index (χ0n) is 20.3. The van der Waals surface area contributed by atoms with Crippen LogP contribution >= 0.6 is 11.3 Å². The fraction of sp³-hybridized carbons (Fsp3) is 0.320. The van der Waals surface area contributed by atoms with Crippen LogP contribution in [-0.2, 0) is 5.41 Å². The largest absolute Gasteiger partial charge is 0.392 e. The van der Waals surface area contributed by atoms with Crippen molar-refractivity contribution in [2.24, 2.45) is 0 Å². The zero-order chi connectivity index (χ0) is 25.0. The molecule has 1 aliphatic rings. The number of carbonyl (C=O) groups excluding carboxylic acids is 1. The lowest BCUT2D eigenvalue weighted by molar-refractivity contribution is 0.0938. The highest BCUT2D eigenvalue weighted by Gasteiger charge is 2.25. The lowest BCUT2D eigenvalue weighted by Gasteiger charge is -2.28. The summed E-state index contributed by atoms with van der Waals surface area (Å²) in [5.41, 5.74) is 4.17. The summed E-state index contributed by atoms with van der Waals surface area (Å²) in [6.45, 7) is 7.04. The van der Waals surface area contributed by atoms with Crippen molar-refractivity contribution in [1.29, 1.82) is 5.41 Å². The van der Waals surface area contributed by atoms with Gasteiger partial charge in [0, 0.05) is 48.9 Å². The summed E-state index contributed by atoms with van der Waals surface area (Å²) in [4.78, 5) is 26.9. The van der Waals surface area contributed by atoms with Gasteiger partial charge in [-0.25, -0.2) is 15.0 Å². The van der Waals surface area contributed by atoms with Crippen LogP contribution < -0.4 is 21.3 Å². The summed E-state index contributed by atoms with van der Waals surface area (Å²) < 4.78 is 0. The molecule has 1 amide bonds. The number of hydrogen-bond donors (Lipinski definition) is 5. The predicted octanol–water partition coefficient (Wildman–Crippen LogP) is 4.31. The number of nitrogens with one attached hydrogen (secondary N) is 5. The number of fused-ring (bicyclic) bond motifs is 1. The number of amides is 1. The van der Waals surface area contributed by atoms with Crippen LogP contribution in [0.5, 0.6) is 0 Å². The van der Waals surface area contributed by atoms with E-state index in [1.54, 1.807) is 25.6 Å². The molecule has 0 bridgehead atoms. The number of carbonyl (C=O) groups is 1. The third-order valence-corrected chi connectivity index (χ3v) is 6.94. The van der Waals surface area contributed by atoms with E-state index in [-0.39, 0.29) is 17.4 Å². The number of hydrogen-bond acceptors (Lipinski definition) is 9. The number of nitrogens with zero attached hydrogens (tertiary/aromatic N) is 3. The van der Waals surface area contributed by atoms with Crippen LogP contribution in [0.2, 0.25) is 0 Å². The Morgan fingerprint density at radius 1 is 1.26 bits per heavy atom. The van der Waals surface area contributed by atoms with Gasteiger partial charge in [0.05, 0.1) is 28.6 Å². The first kappa shape index (κ1) is 24.3. The molecule has 182 valence electrons. The first-order valence-electron chi connectivity index (χ1n) is 11.4. The monoisotopic (exact) mass is 490 g/mol. The van der Waals surface area contributed by atoms with Crippen LogP contribution in [0.4, 0.5) is 11.6 Å². The van der Waals surface area contributed by atoms with Crippen LogP contribution in [0.1, 0.15) is 53.5 Å². The molecule has 0 saturated carbocycles. The van der Waals surface area contributed by atoms with Crippen molar-refractivity contribution in [2.75, 3.05) is 24.2 Å². The van der Waals surface area contributed by atoms with E-state index in [4.69, 9.17) is 5.41 Å². The lowest BCUT2D eigenvalue weighted by atomic mass is 9.95. The summed E-state index contributed by atoms with van der Waals surface area (Å²) in [5, 5.41) is 21.0. The van der Waals surface area contributed by atoms with E-state index in [2.05, 4.69) is 57.0 Å². The second-order valence-electron chi connectivity index (χ2n) is 9.25. The molecule has 1 aromatic carbocycles. The van der Waals surface area contributed by atoms with Crippen molar-refractivity contribution in [2.45, 2.75) is 38.6 Å². The predicted molar refractivity (Wildman–Crippen MR) is 141 cm³/mol. The van der Waals surface area contributed by atoms with Gasteiger partial charge in [0.2, 0.25) is 5.95 Å². The SMILES string of the molecule is CN/C=C(\C=N)Nc1nccc(-c2ccc3c(c2)NCCC3NC(=O)c2cnc(C(C)(C)C)s2)n1. The Morgan fingerprint density at radius 2 is 2.09 bits per heavy atom. The van der Waals surface area contributed by atoms with Crippen molar-refractivity contribution >= 4 is 35.1 Å². The molecule has 1 aliphatic heterocycles. The van der Waals surface area contributed by atoms with Gasteiger partial charge in [-0.05, 0) is 24.1 Å². The number of aromatic nitrogens is 3. The second kappa shape index (κ2) is 10.2. The van der Waals surface area contributed by atoms with Gasteiger partial charge < -0.3 is 26.7 Å². The van der Waals surface area contributed by atoms with Crippen LogP contribution in [0, 0.1) is 5.41 Å². The Morgan fingerprint density at radius 3 is 2.80 bits per heavy atom. The third-order valence-electron chi connectivity index (χ3n) is 5.52. The molecule has 0 saturated heterocycles. The normalized spacial score (nSPS) is 15.5. The first-order chi connectivity index (χ1) is 16.8. The van der Waals surface area contributed by atoms with E-state index in [1.807, 2.05) is 24.3 Å². The molecule has 0 fully saturated rings. The molecular formula is C25H30N8OS. The molecule has 0 spiro atoms. The summed E-state index contributed by atoms with van der Waals surface area (Å²) in [7, 11) is 1.76. The van der Waals surface area contributed by atoms with E-state index in [0.717, 1.165) is 40.5 Å². The van der Waals surface area contributed by atoms with Crippen molar-refractivity contribution in [1.82, 2.24) is 25.6 Å². The number of benzene rings is 1. The van der Waals surface area contributed by atoms with Gasteiger partial charge >= 0.3 is 0 Å². The maximum Gasteiger partial charge on any atom is 0.263 e. The smallest absolute Gasteiger partial charge is 0.263 e. The summed E-state index contributed by atoms with van der Waals surface area (Å²) in [6, 6.07) is 7.84. The Balaban J connectivity index is 1.53. The molecule has 35 heavy (non-hydrogen) atoms. The second-order valence-corrected chi connectivity index (χ2v) is 10.3. The van der Waals surface area contributed by atoms with Gasteiger partial charge in [-0.15, -0.1) is 11.3 Å². The molecule has 10 heteroatoms. The molecule has 4 rings (SSSR count). The van der Waals surface area contributed by atoms with Gasteiger partial charge in [0.25, 0.3) is 5.91 Å². The number of allylic oxidation sites excluding steroid dienone is 1. The zero-order valence-corrected chi connectivity index (χ0v) is 21.1. The minimum atomic E-state index is -0.0944. The van der Waals surface area contributed by atoms with Crippen LogP contribution in [0.15, 0.2) is 48.6 Å². The van der Waals surface area contributed by atoms with E-state index in [9.17, 15) is 4.79 Å². The first-order valence-corrected chi connectivity index (χ1v) is 12.2. The van der Waals surface area contributed by atoms with Gasteiger partial charge in [-0.3, -0.25) is 4.79 Å². The van der Waals surface area contributed by atoms with Gasteiger partial charge in [-0.1, -0.05) is 32.9 Å². The number of anilines is 2. The fourth-order valence-electron chi connectivity index (χ4n) is 3.76. The molecule has 0 radical (unpaired) electrons. The van der Waals surface area contributed by atoms with Gasteiger partial charge in [-0.2, -0.15) is 0 Å². The minimum Gasteiger partial charge on any atom is -0.392 e. The van der Waals surface area contributed by atoms with E-state index in [1.165, 1.54) is 17.6 Å². The standard InChI is InChI=1S/C25H30N8OS/c1-25(2,3)23-30-14-21(35-23)22(34)32-19-8-9-28-20-11-15(5-6-17(19)20)18-7-10-29-24(33-18)31-16(12-26)13-27-4/h5-7,10-14,19,26-28H,8-9H2,1-4H3,(H,32,34)(H,29,31,33)/b16-13+,26-12?. The molecule has 5 N–H and O–H groups in total. The van der Waals surface area contributed by atoms with Crippen LogP contribution in [0.25, 0.3) is 11.3 Å². The molecular weight excluding hydrogens is 460 g/mol. The summed E-state index contributed by atoms with van der Waals surface area (Å²) >= 11 is 1.45. The quantitative estimate of drug-likeness (QED) is 0.312. The Hall–Kier alpha value is -3.79. The van der Waals surface area contributed by atoms with Crippen molar-refractivity contribution in [3.05, 3.63) is 64.0 Å².